The van der Waals surface area contributed by atoms with Crippen LogP contribution in [0.1, 0.15) is 25.0 Å². The summed E-state index contributed by atoms with van der Waals surface area (Å²) in [4.78, 5) is 0. The minimum atomic E-state index is -0.0751. The number of thiophene rings is 1. The predicted octanol–water partition coefficient (Wildman–Crippen LogP) is 13.7. The van der Waals surface area contributed by atoms with Crippen molar-refractivity contribution in [2.45, 2.75) is 19.3 Å². The van der Waals surface area contributed by atoms with Gasteiger partial charge in [-0.2, -0.15) is 0 Å². The van der Waals surface area contributed by atoms with E-state index in [1.54, 1.807) is 0 Å². The third-order valence-electron chi connectivity index (χ3n) is 11.9. The number of rotatable bonds is 2. The summed E-state index contributed by atoms with van der Waals surface area (Å²) in [5, 5.41) is 10.3. The maximum Gasteiger partial charge on any atom is 0.0720 e. The minimum absolute atomic E-state index is 0.0751. The van der Waals surface area contributed by atoms with Crippen molar-refractivity contribution in [2.24, 2.45) is 0 Å². The van der Waals surface area contributed by atoms with Gasteiger partial charge in [0, 0.05) is 48.8 Å². The second-order valence-electron chi connectivity index (χ2n) is 14.9. The molecule has 0 saturated heterocycles. The fourth-order valence-corrected chi connectivity index (χ4v) is 10.9. The lowest BCUT2D eigenvalue weighted by molar-refractivity contribution is 0.660. The van der Waals surface area contributed by atoms with Gasteiger partial charge in [-0.25, -0.2) is 0 Å². The van der Waals surface area contributed by atoms with Crippen LogP contribution in [-0.2, 0) is 5.41 Å². The van der Waals surface area contributed by atoms with Gasteiger partial charge in [-0.3, -0.25) is 0 Å². The summed E-state index contributed by atoms with van der Waals surface area (Å²) < 4.78 is 7.72. The van der Waals surface area contributed by atoms with E-state index >= 15 is 0 Å². The van der Waals surface area contributed by atoms with Gasteiger partial charge in [-0.15, -0.1) is 11.3 Å². The number of benzene rings is 8. The molecule has 0 N–H and O–H groups in total. The lowest BCUT2D eigenvalue weighted by atomic mass is 9.82. The Labute approximate surface area is 304 Å². The molecule has 0 unspecified atom stereocenters. The Morgan fingerprint density at radius 1 is 0.423 bits per heavy atom. The quantitative estimate of drug-likeness (QED) is 0.172. The van der Waals surface area contributed by atoms with Crippen LogP contribution in [0.2, 0.25) is 0 Å². The third-order valence-corrected chi connectivity index (χ3v) is 13.1. The van der Waals surface area contributed by atoms with Crippen LogP contribution in [0.4, 0.5) is 0 Å². The van der Waals surface area contributed by atoms with Gasteiger partial charge in [-0.05, 0) is 58.0 Å². The van der Waals surface area contributed by atoms with Crippen LogP contribution in [0.25, 0.3) is 97.1 Å². The zero-order valence-corrected chi connectivity index (χ0v) is 29.6. The smallest absolute Gasteiger partial charge is 0.0720 e. The molecule has 244 valence electrons. The summed E-state index contributed by atoms with van der Waals surface area (Å²) in [6, 6.07) is 58.8. The highest BCUT2D eigenvalue weighted by atomic mass is 32.1. The Balaban J connectivity index is 1.21. The number of aromatic nitrogens is 2. The van der Waals surface area contributed by atoms with Crippen LogP contribution in [-0.4, -0.2) is 9.13 Å². The van der Waals surface area contributed by atoms with E-state index in [0.29, 0.717) is 0 Å². The van der Waals surface area contributed by atoms with Crippen LogP contribution < -0.4 is 0 Å². The van der Waals surface area contributed by atoms with E-state index < -0.39 is 0 Å². The van der Waals surface area contributed by atoms with Gasteiger partial charge in [0.1, 0.15) is 0 Å². The van der Waals surface area contributed by atoms with Gasteiger partial charge in [0.15, 0.2) is 0 Å². The monoisotopic (exact) mass is 680 g/mol. The van der Waals surface area contributed by atoms with Crippen LogP contribution in [0.15, 0.2) is 158 Å². The molecule has 0 bridgehead atoms. The Bertz CT molecular complexity index is 3330. The van der Waals surface area contributed by atoms with Crippen molar-refractivity contribution in [3.63, 3.8) is 0 Å². The van der Waals surface area contributed by atoms with E-state index in [2.05, 4.69) is 181 Å². The molecular weight excluding hydrogens is 649 g/mol. The van der Waals surface area contributed by atoms with Crippen molar-refractivity contribution >= 4 is 85.9 Å². The van der Waals surface area contributed by atoms with Gasteiger partial charge in [0.25, 0.3) is 0 Å². The maximum absolute atomic E-state index is 2.54. The highest BCUT2D eigenvalue weighted by Gasteiger charge is 2.35. The summed E-state index contributed by atoms with van der Waals surface area (Å²) in [7, 11) is 0. The minimum Gasteiger partial charge on any atom is -0.308 e. The lowest BCUT2D eigenvalue weighted by Crippen LogP contribution is -2.15. The molecule has 0 amide bonds. The largest absolute Gasteiger partial charge is 0.308 e. The van der Waals surface area contributed by atoms with Crippen molar-refractivity contribution in [3.05, 3.63) is 169 Å². The van der Waals surface area contributed by atoms with Crippen molar-refractivity contribution < 1.29 is 0 Å². The zero-order chi connectivity index (χ0) is 34.3. The Hall–Kier alpha value is -6.16. The lowest BCUT2D eigenvalue weighted by Gasteiger charge is -2.22. The summed E-state index contributed by atoms with van der Waals surface area (Å²) in [5.41, 5.74) is 12.9. The molecule has 2 nitrogen and oxygen atoms in total. The second kappa shape index (κ2) is 10.00. The molecule has 0 radical (unpaired) electrons. The van der Waals surface area contributed by atoms with Gasteiger partial charge >= 0.3 is 0 Å². The van der Waals surface area contributed by atoms with Crippen LogP contribution in [0, 0.1) is 0 Å². The predicted molar refractivity (Wildman–Crippen MR) is 223 cm³/mol. The van der Waals surface area contributed by atoms with Crippen molar-refractivity contribution in [1.29, 1.82) is 0 Å². The van der Waals surface area contributed by atoms with Crippen molar-refractivity contribution in [1.82, 2.24) is 9.13 Å². The molecule has 1 aliphatic carbocycles. The number of fused-ring (bicyclic) bond motifs is 15. The first-order valence-corrected chi connectivity index (χ1v) is 18.9. The van der Waals surface area contributed by atoms with Gasteiger partial charge in [0.05, 0.1) is 37.2 Å². The summed E-state index contributed by atoms with van der Waals surface area (Å²) in [6.07, 6.45) is 0. The molecule has 0 saturated carbocycles. The first-order chi connectivity index (χ1) is 25.6. The Kier molecular flexibility index (Phi) is 5.49. The maximum atomic E-state index is 2.54. The molecule has 3 heterocycles. The Morgan fingerprint density at radius 3 is 1.73 bits per heavy atom. The van der Waals surface area contributed by atoms with E-state index in [-0.39, 0.29) is 5.41 Å². The van der Waals surface area contributed by atoms with Crippen molar-refractivity contribution in [2.75, 3.05) is 0 Å². The van der Waals surface area contributed by atoms with E-state index in [9.17, 15) is 0 Å². The molecule has 0 atom stereocenters. The van der Waals surface area contributed by atoms with E-state index in [1.807, 2.05) is 11.3 Å². The second-order valence-corrected chi connectivity index (χ2v) is 15.9. The van der Waals surface area contributed by atoms with E-state index in [0.717, 1.165) is 0 Å². The average Bonchev–Trinajstić information content (AvgIpc) is 3.90. The molecule has 52 heavy (non-hydrogen) atoms. The molecular formula is C49H32N2S. The molecule has 3 heteroatoms. The SMILES string of the molecule is CC1(C)c2ccccc2-c2ccc(-n3c4ccccc4c4ccc5c6ccc7c8ccccc8n(-c8cccc9ccccc89)c7c6sc5c43)cc21. The van der Waals surface area contributed by atoms with Crippen LogP contribution in [0.5, 0.6) is 0 Å². The molecule has 11 aromatic rings. The molecule has 3 aromatic heterocycles. The Morgan fingerprint density at radius 2 is 0.981 bits per heavy atom. The third kappa shape index (κ3) is 3.54. The van der Waals surface area contributed by atoms with Crippen LogP contribution in [0.3, 0.4) is 0 Å². The fourth-order valence-electron chi connectivity index (χ4n) is 9.54. The van der Waals surface area contributed by atoms with Gasteiger partial charge in [0.2, 0.25) is 0 Å². The molecule has 8 aromatic carbocycles. The number of hydrogen-bond donors (Lipinski definition) is 0. The molecule has 12 rings (SSSR count). The average molecular weight is 681 g/mol. The topological polar surface area (TPSA) is 9.86 Å². The molecule has 0 aliphatic heterocycles. The van der Waals surface area contributed by atoms with Crippen LogP contribution >= 0.6 is 11.3 Å². The van der Waals surface area contributed by atoms with Gasteiger partial charge < -0.3 is 9.13 Å². The number of hydrogen-bond acceptors (Lipinski definition) is 1. The van der Waals surface area contributed by atoms with E-state index in [4.69, 9.17) is 0 Å². The zero-order valence-electron chi connectivity index (χ0n) is 28.8. The van der Waals surface area contributed by atoms with Crippen molar-refractivity contribution in [3.8, 4) is 22.5 Å². The number of para-hydroxylation sites is 2. The summed E-state index contributed by atoms with van der Waals surface area (Å²) in [6.45, 7) is 4.75. The first kappa shape index (κ1) is 28.5. The summed E-state index contributed by atoms with van der Waals surface area (Å²) >= 11 is 1.95. The fraction of sp³-hybridized carbons (Fsp3) is 0.0612. The highest BCUT2D eigenvalue weighted by molar-refractivity contribution is 7.27. The normalized spacial score (nSPS) is 13.7. The molecule has 0 spiro atoms. The summed E-state index contributed by atoms with van der Waals surface area (Å²) in [5.74, 6) is 0. The molecule has 1 aliphatic rings. The standard InChI is InChI=1S/C49H32N2S/c1-49(2)40-18-8-5-15-32(40)33-23-22-30(28-41(33)49)50-43-19-9-6-16-34(43)36-24-26-38-39-27-25-37-35-17-7-10-20-44(35)51(46(37)48(39)52-47(38)45(36)50)42-21-11-13-29-12-3-4-14-31(29)42/h3-28H,1-2H3. The van der Waals surface area contributed by atoms with E-state index in [1.165, 1.54) is 108 Å². The van der Waals surface area contributed by atoms with Gasteiger partial charge in [-0.1, -0.05) is 141 Å². The number of nitrogens with zero attached hydrogens (tertiary/aromatic N) is 2. The highest BCUT2D eigenvalue weighted by Crippen LogP contribution is 2.51. The first-order valence-electron chi connectivity index (χ1n) is 18.1. The molecule has 0 fully saturated rings.